The quantitative estimate of drug-likeness (QED) is 0.753. The molecule has 2 N–H and O–H groups in total. The molecular formula is C9H14ClN3O2. The number of halogens is 1. The van der Waals surface area contributed by atoms with E-state index in [9.17, 15) is 4.79 Å². The molecule has 0 amide bonds. The van der Waals surface area contributed by atoms with Crippen LogP contribution in [0.4, 0.5) is 0 Å². The van der Waals surface area contributed by atoms with E-state index in [0.29, 0.717) is 11.3 Å². The lowest BCUT2D eigenvalue weighted by atomic mass is 10.1. The largest absolute Gasteiger partial charge is 0.465 e. The van der Waals surface area contributed by atoms with E-state index in [1.165, 1.54) is 7.11 Å². The van der Waals surface area contributed by atoms with Crippen molar-refractivity contribution in [3.63, 3.8) is 0 Å². The van der Waals surface area contributed by atoms with Crippen molar-refractivity contribution in [2.24, 2.45) is 5.73 Å². The third-order valence-corrected chi connectivity index (χ3v) is 2.50. The number of methoxy groups -OCH3 is 1. The monoisotopic (exact) mass is 231 g/mol. The van der Waals surface area contributed by atoms with E-state index in [4.69, 9.17) is 10.5 Å². The number of hydrogen-bond donors (Lipinski definition) is 1. The first-order valence-electron chi connectivity index (χ1n) is 4.65. The molecule has 0 aromatic carbocycles. The van der Waals surface area contributed by atoms with Crippen LogP contribution in [0.1, 0.15) is 28.2 Å². The van der Waals surface area contributed by atoms with Gasteiger partial charge in [0.25, 0.3) is 0 Å². The summed E-state index contributed by atoms with van der Waals surface area (Å²) in [6.07, 6.45) is 1.93. The zero-order chi connectivity index (χ0) is 10.1. The van der Waals surface area contributed by atoms with Gasteiger partial charge in [-0.2, -0.15) is 5.10 Å². The fourth-order valence-electron chi connectivity index (χ4n) is 1.87. The van der Waals surface area contributed by atoms with Crippen LogP contribution in [0.25, 0.3) is 0 Å². The molecule has 0 fully saturated rings. The van der Waals surface area contributed by atoms with Crippen molar-refractivity contribution in [1.82, 2.24) is 9.78 Å². The summed E-state index contributed by atoms with van der Waals surface area (Å²) in [7, 11) is 1.38. The summed E-state index contributed by atoms with van der Waals surface area (Å²) < 4.78 is 6.57. The summed E-state index contributed by atoms with van der Waals surface area (Å²) in [5.41, 5.74) is 7.71. The van der Waals surface area contributed by atoms with E-state index in [2.05, 4.69) is 5.10 Å². The maximum absolute atomic E-state index is 11.5. The molecule has 1 aliphatic heterocycles. The molecule has 0 aliphatic carbocycles. The smallest absolute Gasteiger partial charge is 0.341 e. The molecule has 6 heteroatoms. The summed E-state index contributed by atoms with van der Waals surface area (Å²) in [5.74, 6) is -0.325. The maximum atomic E-state index is 11.5. The van der Waals surface area contributed by atoms with Crippen LogP contribution in [0.5, 0.6) is 0 Å². The Balaban J connectivity index is 0.00000112. The number of rotatable bonds is 2. The van der Waals surface area contributed by atoms with Crippen LogP contribution in [-0.2, 0) is 24.2 Å². The highest BCUT2D eigenvalue weighted by Gasteiger charge is 2.25. The predicted molar refractivity (Wildman–Crippen MR) is 57.0 cm³/mol. The van der Waals surface area contributed by atoms with Crippen molar-refractivity contribution in [1.29, 1.82) is 0 Å². The minimum Gasteiger partial charge on any atom is -0.465 e. The molecule has 0 unspecified atom stereocenters. The predicted octanol–water partition coefficient (Wildman–Crippen LogP) is 0.496. The Kier molecular flexibility index (Phi) is 3.71. The molecule has 0 saturated carbocycles. The molecule has 1 aliphatic rings. The maximum Gasteiger partial charge on any atom is 0.341 e. The molecule has 84 valence electrons. The second kappa shape index (κ2) is 4.63. The number of hydrogen-bond acceptors (Lipinski definition) is 4. The Hall–Kier alpha value is -1.07. The lowest BCUT2D eigenvalue weighted by molar-refractivity contribution is 0.0598. The summed E-state index contributed by atoms with van der Waals surface area (Å²) in [5, 5.41) is 4.27. The molecule has 2 rings (SSSR count). The lowest BCUT2D eigenvalue weighted by Gasteiger charge is -1.99. The zero-order valence-corrected chi connectivity index (χ0v) is 9.34. The van der Waals surface area contributed by atoms with Gasteiger partial charge in [-0.25, -0.2) is 4.79 Å². The SMILES string of the molecule is COC(=O)c1c(CN)nn2c1CCC2.Cl. The first-order chi connectivity index (χ1) is 6.77. The first kappa shape index (κ1) is 12.0. The van der Waals surface area contributed by atoms with E-state index in [1.54, 1.807) is 0 Å². The van der Waals surface area contributed by atoms with Crippen molar-refractivity contribution in [2.45, 2.75) is 25.9 Å². The number of esters is 1. The summed E-state index contributed by atoms with van der Waals surface area (Å²) in [6.45, 7) is 1.16. The normalized spacial score (nSPS) is 13.2. The van der Waals surface area contributed by atoms with Gasteiger partial charge in [0.05, 0.1) is 18.5 Å². The van der Waals surface area contributed by atoms with E-state index in [-0.39, 0.29) is 24.9 Å². The highest BCUT2D eigenvalue weighted by atomic mass is 35.5. The number of carbonyl (C=O) groups excluding carboxylic acids is 1. The Morgan fingerprint density at radius 3 is 3.00 bits per heavy atom. The van der Waals surface area contributed by atoms with Crippen LogP contribution in [-0.4, -0.2) is 22.9 Å². The Labute approximate surface area is 94.0 Å². The van der Waals surface area contributed by atoms with E-state index >= 15 is 0 Å². The van der Waals surface area contributed by atoms with Crippen molar-refractivity contribution < 1.29 is 9.53 Å². The second-order valence-corrected chi connectivity index (χ2v) is 3.29. The van der Waals surface area contributed by atoms with Crippen molar-refractivity contribution in [3.05, 3.63) is 17.0 Å². The topological polar surface area (TPSA) is 70.1 Å². The van der Waals surface area contributed by atoms with Crippen molar-refractivity contribution >= 4 is 18.4 Å². The van der Waals surface area contributed by atoms with E-state index in [1.807, 2.05) is 4.68 Å². The van der Waals surface area contributed by atoms with Crippen LogP contribution in [0.3, 0.4) is 0 Å². The van der Waals surface area contributed by atoms with Gasteiger partial charge in [-0.05, 0) is 12.8 Å². The minimum atomic E-state index is -0.325. The summed E-state index contributed by atoms with van der Waals surface area (Å²) >= 11 is 0. The molecule has 0 radical (unpaired) electrons. The van der Waals surface area contributed by atoms with Crippen LogP contribution in [0.2, 0.25) is 0 Å². The zero-order valence-electron chi connectivity index (χ0n) is 8.52. The number of nitrogens with zero attached hydrogens (tertiary/aromatic N) is 2. The molecule has 0 bridgehead atoms. The van der Waals surface area contributed by atoms with Gasteiger partial charge in [-0.3, -0.25) is 4.68 Å². The van der Waals surface area contributed by atoms with Gasteiger partial charge in [0, 0.05) is 13.1 Å². The standard InChI is InChI=1S/C9H13N3O2.ClH/c1-14-9(13)8-6(5-10)11-12-4-2-3-7(8)12;/h2-5,10H2,1H3;1H. The van der Waals surface area contributed by atoms with Crippen LogP contribution >= 0.6 is 12.4 Å². The summed E-state index contributed by atoms with van der Waals surface area (Å²) in [4.78, 5) is 11.5. The average Bonchev–Trinajstić information content (AvgIpc) is 2.74. The molecular weight excluding hydrogens is 218 g/mol. The second-order valence-electron chi connectivity index (χ2n) is 3.29. The number of aromatic nitrogens is 2. The fourth-order valence-corrected chi connectivity index (χ4v) is 1.87. The lowest BCUT2D eigenvalue weighted by Crippen LogP contribution is -2.09. The number of carbonyl (C=O) groups is 1. The van der Waals surface area contributed by atoms with Gasteiger partial charge in [0.1, 0.15) is 5.56 Å². The van der Waals surface area contributed by atoms with Gasteiger partial charge in [0.15, 0.2) is 0 Å². The van der Waals surface area contributed by atoms with Gasteiger partial charge in [0.2, 0.25) is 0 Å². The summed E-state index contributed by atoms with van der Waals surface area (Å²) in [6, 6.07) is 0. The van der Waals surface area contributed by atoms with Crippen LogP contribution < -0.4 is 5.73 Å². The highest BCUT2D eigenvalue weighted by molar-refractivity contribution is 5.92. The molecule has 15 heavy (non-hydrogen) atoms. The van der Waals surface area contributed by atoms with E-state index in [0.717, 1.165) is 25.1 Å². The van der Waals surface area contributed by atoms with Gasteiger partial charge < -0.3 is 10.5 Å². The number of nitrogens with two attached hydrogens (primary N) is 1. The number of ether oxygens (including phenoxy) is 1. The third-order valence-electron chi connectivity index (χ3n) is 2.50. The fraction of sp³-hybridized carbons (Fsp3) is 0.556. The highest BCUT2D eigenvalue weighted by Crippen LogP contribution is 2.22. The van der Waals surface area contributed by atoms with Gasteiger partial charge in [-0.15, -0.1) is 12.4 Å². The molecule has 1 aromatic heterocycles. The van der Waals surface area contributed by atoms with Crippen LogP contribution in [0.15, 0.2) is 0 Å². The Bertz CT molecular complexity index is 376. The molecule has 5 nitrogen and oxygen atoms in total. The molecule has 1 aromatic rings. The van der Waals surface area contributed by atoms with Crippen LogP contribution in [0, 0.1) is 0 Å². The first-order valence-corrected chi connectivity index (χ1v) is 4.65. The van der Waals surface area contributed by atoms with Gasteiger partial charge >= 0.3 is 5.97 Å². The Morgan fingerprint density at radius 1 is 1.67 bits per heavy atom. The average molecular weight is 232 g/mol. The van der Waals surface area contributed by atoms with Crippen molar-refractivity contribution in [3.8, 4) is 0 Å². The molecule has 2 heterocycles. The number of aryl methyl sites for hydroxylation is 1. The third kappa shape index (κ3) is 1.85. The Morgan fingerprint density at radius 2 is 2.40 bits per heavy atom. The molecule has 0 spiro atoms. The van der Waals surface area contributed by atoms with Gasteiger partial charge in [-0.1, -0.05) is 0 Å². The minimum absolute atomic E-state index is 0. The number of fused-ring (bicyclic) bond motifs is 1. The molecule has 0 saturated heterocycles. The van der Waals surface area contributed by atoms with Crippen molar-refractivity contribution in [2.75, 3.05) is 7.11 Å². The van der Waals surface area contributed by atoms with E-state index < -0.39 is 0 Å². The molecule has 0 atom stereocenters.